The summed E-state index contributed by atoms with van der Waals surface area (Å²) in [7, 11) is -3.27. The van der Waals surface area contributed by atoms with Crippen LogP contribution in [0.5, 0.6) is 0 Å². The highest BCUT2D eigenvalue weighted by Gasteiger charge is 2.43. The number of nitrogens with zero attached hydrogens (tertiary/aromatic N) is 2. The van der Waals surface area contributed by atoms with Gasteiger partial charge in [0.2, 0.25) is 0 Å². The van der Waals surface area contributed by atoms with E-state index in [9.17, 15) is 14.7 Å². The first-order valence-corrected chi connectivity index (χ1v) is 9.62. The normalized spacial score (nSPS) is 12.9. The summed E-state index contributed by atoms with van der Waals surface area (Å²) >= 11 is 0. The molecule has 1 aromatic rings. The zero-order valence-corrected chi connectivity index (χ0v) is 16.2. The van der Waals surface area contributed by atoms with E-state index in [0.717, 1.165) is 0 Å². The molecule has 0 atom stereocenters. The molecular weight excluding hydrogens is 345 g/mol. The quantitative estimate of drug-likeness (QED) is 0.274. The van der Waals surface area contributed by atoms with E-state index < -0.39 is 17.7 Å². The predicted molar refractivity (Wildman–Crippen MR) is 99.4 cm³/mol. The van der Waals surface area contributed by atoms with Crippen molar-refractivity contribution >= 4 is 24.7 Å². The second-order valence-electron chi connectivity index (χ2n) is 6.09. The van der Waals surface area contributed by atoms with Gasteiger partial charge in [0.05, 0.1) is 29.0 Å². The molecule has 0 aliphatic rings. The summed E-state index contributed by atoms with van der Waals surface area (Å²) in [5.74, 6) is 0. The lowest BCUT2D eigenvalue weighted by molar-refractivity contribution is -0.384. The first-order chi connectivity index (χ1) is 11.6. The van der Waals surface area contributed by atoms with Crippen molar-refractivity contribution in [3.05, 3.63) is 34.4 Å². The lowest BCUT2D eigenvalue weighted by atomic mass is 10.1. The van der Waals surface area contributed by atoms with Crippen LogP contribution in [0.3, 0.4) is 0 Å². The van der Waals surface area contributed by atoms with Gasteiger partial charge < -0.3 is 9.05 Å². The summed E-state index contributed by atoms with van der Waals surface area (Å²) in [6.07, 6.45) is 0.407. The fraction of sp³-hybridized carbons (Fsp3) is 0.562. The van der Waals surface area contributed by atoms with Gasteiger partial charge in [0.1, 0.15) is 0 Å². The van der Waals surface area contributed by atoms with Crippen molar-refractivity contribution in [3.8, 4) is 0 Å². The molecule has 25 heavy (non-hydrogen) atoms. The standard InChI is InChI=1S/C16H26N3O5P/c1-6-23-25(22,24-7-2)16(4,5)12-13(3)17-18-14-8-10-15(11-9-14)19(20)21/h8-11,18H,6-7,12H2,1-5H3/b17-13+. The van der Waals surface area contributed by atoms with Crippen molar-refractivity contribution in [1.82, 2.24) is 0 Å². The lowest BCUT2D eigenvalue weighted by Crippen LogP contribution is -2.26. The molecule has 0 amide bonds. The molecule has 0 spiro atoms. The maximum atomic E-state index is 13.0. The second-order valence-corrected chi connectivity index (χ2v) is 8.81. The average molecular weight is 371 g/mol. The minimum atomic E-state index is -3.27. The first kappa shape index (κ1) is 21.3. The zero-order chi connectivity index (χ0) is 19.1. The molecule has 1 rings (SSSR count). The Labute approximate surface area is 148 Å². The van der Waals surface area contributed by atoms with Gasteiger partial charge in [-0.1, -0.05) is 0 Å². The van der Waals surface area contributed by atoms with Gasteiger partial charge in [-0.25, -0.2) is 0 Å². The van der Waals surface area contributed by atoms with Crippen molar-refractivity contribution in [2.45, 2.75) is 46.2 Å². The fourth-order valence-electron chi connectivity index (χ4n) is 2.31. The molecule has 140 valence electrons. The number of nitro benzene ring substituents is 1. The summed E-state index contributed by atoms with van der Waals surface area (Å²) in [5, 5.41) is 14.2. The van der Waals surface area contributed by atoms with E-state index in [-0.39, 0.29) is 5.69 Å². The van der Waals surface area contributed by atoms with Crippen molar-refractivity contribution in [2.24, 2.45) is 5.10 Å². The third-order valence-electron chi connectivity index (χ3n) is 3.48. The van der Waals surface area contributed by atoms with Crippen LogP contribution < -0.4 is 5.43 Å². The van der Waals surface area contributed by atoms with E-state index in [1.54, 1.807) is 26.0 Å². The summed E-state index contributed by atoms with van der Waals surface area (Å²) in [6.45, 7) is 9.62. The number of hydrogen-bond donors (Lipinski definition) is 1. The topological polar surface area (TPSA) is 103 Å². The van der Waals surface area contributed by atoms with Gasteiger partial charge >= 0.3 is 7.60 Å². The monoisotopic (exact) mass is 371 g/mol. The van der Waals surface area contributed by atoms with Gasteiger partial charge in [-0.05, 0) is 46.8 Å². The van der Waals surface area contributed by atoms with Crippen LogP contribution in [0.15, 0.2) is 29.4 Å². The van der Waals surface area contributed by atoms with Crippen molar-refractivity contribution < 1.29 is 18.5 Å². The molecule has 0 radical (unpaired) electrons. The SMILES string of the molecule is CCOP(=O)(OCC)C(C)(C)C/C(C)=N/Nc1ccc([N+](=O)[O-])cc1. The molecule has 1 N–H and O–H groups in total. The molecule has 0 aliphatic heterocycles. The zero-order valence-electron chi connectivity index (χ0n) is 15.3. The number of anilines is 1. The van der Waals surface area contributed by atoms with Gasteiger partial charge in [-0.2, -0.15) is 5.10 Å². The van der Waals surface area contributed by atoms with Gasteiger partial charge in [0.15, 0.2) is 0 Å². The third-order valence-corrected chi connectivity index (χ3v) is 6.32. The number of hydrogen-bond acceptors (Lipinski definition) is 7. The molecule has 0 unspecified atom stereocenters. The van der Waals surface area contributed by atoms with Crippen molar-refractivity contribution in [2.75, 3.05) is 18.6 Å². The van der Waals surface area contributed by atoms with Crippen molar-refractivity contribution in [1.29, 1.82) is 0 Å². The second kappa shape index (κ2) is 9.08. The third kappa shape index (κ3) is 5.92. The Morgan fingerprint density at radius 3 is 2.20 bits per heavy atom. The highest BCUT2D eigenvalue weighted by molar-refractivity contribution is 7.55. The number of non-ortho nitro benzene ring substituents is 1. The average Bonchev–Trinajstić information content (AvgIpc) is 2.53. The van der Waals surface area contributed by atoms with Gasteiger partial charge in [-0.15, -0.1) is 0 Å². The Bertz CT molecular complexity index is 648. The molecule has 0 aromatic heterocycles. The number of rotatable bonds is 10. The summed E-state index contributed by atoms with van der Waals surface area (Å²) in [4.78, 5) is 10.2. The maximum absolute atomic E-state index is 13.0. The Kier molecular flexibility index (Phi) is 7.73. The Balaban J connectivity index is 2.81. The molecule has 0 bridgehead atoms. The minimum absolute atomic E-state index is 0.0155. The summed E-state index contributed by atoms with van der Waals surface area (Å²) in [6, 6.07) is 5.95. The van der Waals surface area contributed by atoms with Gasteiger partial charge in [-0.3, -0.25) is 20.1 Å². The number of hydrazone groups is 1. The maximum Gasteiger partial charge on any atom is 0.336 e. The predicted octanol–water partition coefficient (Wildman–Crippen LogP) is 4.82. The summed E-state index contributed by atoms with van der Waals surface area (Å²) in [5.41, 5.74) is 4.19. The van der Waals surface area contributed by atoms with E-state index in [4.69, 9.17) is 9.05 Å². The van der Waals surface area contributed by atoms with Crippen LogP contribution >= 0.6 is 7.60 Å². The van der Waals surface area contributed by atoms with E-state index in [0.29, 0.717) is 31.0 Å². The number of nitrogens with one attached hydrogen (secondary N) is 1. The molecule has 0 heterocycles. The summed E-state index contributed by atoms with van der Waals surface area (Å²) < 4.78 is 23.8. The number of nitro groups is 1. The molecule has 0 fully saturated rings. The molecular formula is C16H26N3O5P. The van der Waals surface area contributed by atoms with Gasteiger partial charge in [0.25, 0.3) is 5.69 Å². The molecule has 0 aliphatic carbocycles. The molecule has 0 saturated heterocycles. The van der Waals surface area contributed by atoms with Crippen LogP contribution in [0.4, 0.5) is 11.4 Å². The van der Waals surface area contributed by atoms with Crippen LogP contribution in [0.1, 0.15) is 41.0 Å². The first-order valence-electron chi connectivity index (χ1n) is 8.08. The lowest BCUT2D eigenvalue weighted by Gasteiger charge is -2.32. The van der Waals surface area contributed by atoms with E-state index in [1.165, 1.54) is 12.1 Å². The minimum Gasteiger partial charge on any atom is -0.308 e. The van der Waals surface area contributed by atoms with E-state index in [2.05, 4.69) is 10.5 Å². The van der Waals surface area contributed by atoms with Crippen LogP contribution in [0.2, 0.25) is 0 Å². The fourth-order valence-corrected chi connectivity index (χ4v) is 4.18. The van der Waals surface area contributed by atoms with Crippen LogP contribution in [-0.2, 0) is 13.6 Å². The Hall–Kier alpha value is -1.76. The Morgan fingerprint density at radius 2 is 1.76 bits per heavy atom. The van der Waals surface area contributed by atoms with Gasteiger partial charge in [0, 0.05) is 24.3 Å². The molecule has 9 heteroatoms. The van der Waals surface area contributed by atoms with Crippen LogP contribution in [0, 0.1) is 10.1 Å². The molecule has 0 saturated carbocycles. The van der Waals surface area contributed by atoms with Crippen molar-refractivity contribution in [3.63, 3.8) is 0 Å². The number of benzene rings is 1. The smallest absolute Gasteiger partial charge is 0.308 e. The molecule has 8 nitrogen and oxygen atoms in total. The molecule has 1 aromatic carbocycles. The van der Waals surface area contributed by atoms with Crippen LogP contribution in [-0.4, -0.2) is 29.0 Å². The highest BCUT2D eigenvalue weighted by Crippen LogP contribution is 2.61. The Morgan fingerprint density at radius 1 is 1.24 bits per heavy atom. The van der Waals surface area contributed by atoms with E-state index >= 15 is 0 Å². The van der Waals surface area contributed by atoms with E-state index in [1.807, 2.05) is 20.8 Å². The van der Waals surface area contributed by atoms with Crippen LogP contribution in [0.25, 0.3) is 0 Å². The highest BCUT2D eigenvalue weighted by atomic mass is 31.2. The largest absolute Gasteiger partial charge is 0.336 e.